The molecule has 0 bridgehead atoms. The molecule has 1 aromatic heterocycles. The summed E-state index contributed by atoms with van der Waals surface area (Å²) >= 11 is 0. The summed E-state index contributed by atoms with van der Waals surface area (Å²) in [7, 11) is 0. The number of carbonyl (C=O) groups is 1. The van der Waals surface area contributed by atoms with Crippen LogP contribution in [0.5, 0.6) is 0 Å². The molecule has 2 aliphatic heterocycles. The van der Waals surface area contributed by atoms with Crippen LogP contribution in [-0.4, -0.2) is 55.3 Å². The van der Waals surface area contributed by atoms with Crippen molar-refractivity contribution >= 4 is 5.91 Å². The molecule has 2 saturated heterocycles. The minimum atomic E-state index is 0.0724. The van der Waals surface area contributed by atoms with Crippen LogP contribution in [0, 0.1) is 24.2 Å². The van der Waals surface area contributed by atoms with Crippen molar-refractivity contribution in [2.75, 3.05) is 39.5 Å². The number of hydrogen-bond acceptors (Lipinski definition) is 4. The van der Waals surface area contributed by atoms with Crippen LogP contribution in [0.25, 0.3) is 0 Å². The minimum Gasteiger partial charge on any atom is -0.381 e. The number of hydrogen-bond donors (Lipinski definition) is 0. The van der Waals surface area contributed by atoms with Crippen LogP contribution < -0.4 is 0 Å². The summed E-state index contributed by atoms with van der Waals surface area (Å²) in [6.45, 7) is 7.04. The average molecular weight is 358 g/mol. The third-order valence-electron chi connectivity index (χ3n) is 6.54. The van der Waals surface area contributed by atoms with Crippen LogP contribution in [0.3, 0.4) is 0 Å². The second-order valence-electron chi connectivity index (χ2n) is 8.43. The molecule has 1 saturated carbocycles. The van der Waals surface area contributed by atoms with Crippen LogP contribution in [0.15, 0.2) is 18.3 Å². The van der Waals surface area contributed by atoms with E-state index in [0.717, 1.165) is 57.9 Å². The number of fused-ring (bicyclic) bond motifs is 1. The molecule has 26 heavy (non-hydrogen) atoms. The fraction of sp³-hybridized carbons (Fsp3) is 0.714. The lowest BCUT2D eigenvalue weighted by Gasteiger charge is -2.30. The molecule has 4 rings (SSSR count). The lowest BCUT2D eigenvalue weighted by atomic mass is 9.81. The van der Waals surface area contributed by atoms with Gasteiger partial charge >= 0.3 is 0 Å². The zero-order valence-electron chi connectivity index (χ0n) is 15.8. The summed E-state index contributed by atoms with van der Waals surface area (Å²) in [4.78, 5) is 19.2. The molecule has 5 nitrogen and oxygen atoms in total. The monoisotopic (exact) mass is 358 g/mol. The molecule has 0 unspecified atom stereocenters. The number of rotatable bonds is 5. The predicted molar refractivity (Wildman–Crippen MR) is 99.0 cm³/mol. The Balaban J connectivity index is 1.36. The SMILES string of the molecule is Cc1ccc(C(=O)N2C[C@H]3CCC[C@@]3(COCC3CCOCC3)C2)nc1. The summed E-state index contributed by atoms with van der Waals surface area (Å²) < 4.78 is 11.6. The van der Waals surface area contributed by atoms with E-state index in [1.54, 1.807) is 6.20 Å². The third kappa shape index (κ3) is 3.65. The lowest BCUT2D eigenvalue weighted by molar-refractivity contribution is -0.0123. The largest absolute Gasteiger partial charge is 0.381 e. The van der Waals surface area contributed by atoms with Gasteiger partial charge in [0.15, 0.2) is 0 Å². The van der Waals surface area contributed by atoms with E-state index in [-0.39, 0.29) is 11.3 Å². The van der Waals surface area contributed by atoms with Crippen molar-refractivity contribution in [1.82, 2.24) is 9.88 Å². The van der Waals surface area contributed by atoms with Gasteiger partial charge in [-0.15, -0.1) is 0 Å². The van der Waals surface area contributed by atoms with E-state index < -0.39 is 0 Å². The van der Waals surface area contributed by atoms with E-state index in [0.29, 0.717) is 17.5 Å². The van der Waals surface area contributed by atoms with Crippen LogP contribution in [0.4, 0.5) is 0 Å². The maximum Gasteiger partial charge on any atom is 0.272 e. The smallest absolute Gasteiger partial charge is 0.272 e. The van der Waals surface area contributed by atoms with Crippen molar-refractivity contribution in [1.29, 1.82) is 0 Å². The summed E-state index contributed by atoms with van der Waals surface area (Å²) in [5.41, 5.74) is 1.80. The van der Waals surface area contributed by atoms with Gasteiger partial charge in [0, 0.05) is 44.5 Å². The number of nitrogens with zero attached hydrogens (tertiary/aromatic N) is 2. The maximum absolute atomic E-state index is 12.9. The molecular weight excluding hydrogens is 328 g/mol. The number of ether oxygens (including phenoxy) is 2. The Labute approximate surface area is 156 Å². The van der Waals surface area contributed by atoms with Crippen LogP contribution in [0.2, 0.25) is 0 Å². The van der Waals surface area contributed by atoms with Gasteiger partial charge in [-0.25, -0.2) is 0 Å². The first-order chi connectivity index (χ1) is 12.7. The predicted octanol–water partition coefficient (Wildman–Crippen LogP) is 3.08. The lowest BCUT2D eigenvalue weighted by Crippen LogP contribution is -2.35. The van der Waals surface area contributed by atoms with Crippen LogP contribution in [0.1, 0.15) is 48.2 Å². The van der Waals surface area contributed by atoms with Gasteiger partial charge in [-0.2, -0.15) is 0 Å². The first-order valence-electron chi connectivity index (χ1n) is 10.0. The van der Waals surface area contributed by atoms with Crippen molar-refractivity contribution < 1.29 is 14.3 Å². The standard InChI is InChI=1S/C21H30N2O3/c1-16-4-5-19(22-11-16)20(24)23-12-18-3-2-8-21(18,14-23)15-26-13-17-6-9-25-10-7-17/h4-5,11,17-18H,2-3,6-10,12-15H2,1H3/t18-,21+/m1/s1. The fourth-order valence-electron chi connectivity index (χ4n) is 4.90. The highest BCUT2D eigenvalue weighted by atomic mass is 16.5. The van der Waals surface area contributed by atoms with Crippen LogP contribution >= 0.6 is 0 Å². The Bertz CT molecular complexity index is 627. The molecule has 3 fully saturated rings. The van der Waals surface area contributed by atoms with Gasteiger partial charge < -0.3 is 14.4 Å². The van der Waals surface area contributed by atoms with Gasteiger partial charge in [0.1, 0.15) is 5.69 Å². The van der Waals surface area contributed by atoms with Gasteiger partial charge in [-0.1, -0.05) is 12.5 Å². The van der Waals surface area contributed by atoms with Crippen molar-refractivity contribution in [3.8, 4) is 0 Å². The van der Waals surface area contributed by atoms with E-state index in [1.807, 2.05) is 24.0 Å². The van der Waals surface area contributed by atoms with E-state index in [2.05, 4.69) is 4.98 Å². The number of aryl methyl sites for hydroxylation is 1. The third-order valence-corrected chi connectivity index (χ3v) is 6.54. The first-order valence-corrected chi connectivity index (χ1v) is 10.0. The Morgan fingerprint density at radius 1 is 1.35 bits per heavy atom. The normalized spacial score (nSPS) is 29.1. The molecule has 142 valence electrons. The van der Waals surface area contributed by atoms with Crippen molar-refractivity contribution in [3.05, 3.63) is 29.6 Å². The Kier molecular flexibility index (Phi) is 5.28. The van der Waals surface area contributed by atoms with Crippen molar-refractivity contribution in [2.24, 2.45) is 17.3 Å². The highest BCUT2D eigenvalue weighted by Gasteiger charge is 2.51. The van der Waals surface area contributed by atoms with Gasteiger partial charge in [-0.05, 0) is 56.1 Å². The van der Waals surface area contributed by atoms with Gasteiger partial charge in [-0.3, -0.25) is 9.78 Å². The topological polar surface area (TPSA) is 51.7 Å². The fourth-order valence-corrected chi connectivity index (χ4v) is 4.90. The molecule has 2 atom stereocenters. The molecule has 0 spiro atoms. The second-order valence-corrected chi connectivity index (χ2v) is 8.43. The minimum absolute atomic E-state index is 0.0724. The highest BCUT2D eigenvalue weighted by molar-refractivity contribution is 5.92. The van der Waals surface area contributed by atoms with Crippen molar-refractivity contribution in [3.63, 3.8) is 0 Å². The zero-order valence-corrected chi connectivity index (χ0v) is 15.8. The van der Waals surface area contributed by atoms with E-state index in [4.69, 9.17) is 9.47 Å². The molecule has 5 heteroatoms. The molecule has 3 heterocycles. The molecule has 0 radical (unpaired) electrons. The number of likely N-dealkylation sites (tertiary alicyclic amines) is 1. The van der Waals surface area contributed by atoms with Gasteiger partial charge in [0.25, 0.3) is 5.91 Å². The van der Waals surface area contributed by atoms with Crippen LogP contribution in [-0.2, 0) is 9.47 Å². The molecule has 1 aliphatic carbocycles. The number of carbonyl (C=O) groups excluding carboxylic acids is 1. The highest BCUT2D eigenvalue weighted by Crippen LogP contribution is 2.49. The summed E-state index contributed by atoms with van der Waals surface area (Å²) in [6.07, 6.45) is 7.65. The molecule has 0 N–H and O–H groups in total. The van der Waals surface area contributed by atoms with E-state index in [1.165, 1.54) is 19.3 Å². The van der Waals surface area contributed by atoms with E-state index in [9.17, 15) is 4.79 Å². The number of pyridine rings is 1. The second kappa shape index (κ2) is 7.65. The molecular formula is C21H30N2O3. The molecule has 3 aliphatic rings. The maximum atomic E-state index is 12.9. The summed E-state index contributed by atoms with van der Waals surface area (Å²) in [5.74, 6) is 1.28. The van der Waals surface area contributed by atoms with Crippen molar-refractivity contribution in [2.45, 2.75) is 39.0 Å². The Hall–Kier alpha value is -1.46. The Morgan fingerprint density at radius 2 is 2.19 bits per heavy atom. The molecule has 1 amide bonds. The summed E-state index contributed by atoms with van der Waals surface area (Å²) in [6, 6.07) is 3.81. The average Bonchev–Trinajstić information content (AvgIpc) is 3.20. The number of aromatic nitrogens is 1. The zero-order chi connectivity index (χ0) is 18.0. The van der Waals surface area contributed by atoms with Gasteiger partial charge in [0.2, 0.25) is 0 Å². The van der Waals surface area contributed by atoms with E-state index >= 15 is 0 Å². The molecule has 0 aromatic carbocycles. The quantitative estimate of drug-likeness (QED) is 0.812. The Morgan fingerprint density at radius 3 is 2.96 bits per heavy atom. The first kappa shape index (κ1) is 17.9. The van der Waals surface area contributed by atoms with Gasteiger partial charge in [0.05, 0.1) is 6.61 Å². The summed E-state index contributed by atoms with van der Waals surface area (Å²) in [5, 5.41) is 0. The molecule has 1 aromatic rings. The number of amides is 1.